The minimum Gasteiger partial charge on any atom is -0.487 e. The molecule has 36 heavy (non-hydrogen) atoms. The third kappa shape index (κ3) is 7.59. The van der Waals surface area contributed by atoms with Crippen LogP contribution in [0.4, 0.5) is 8.78 Å². The SMILES string of the molecule is CCOC(=O)c1c(OCCC(C)C)c(=O)c(C(=O)NCc2ccc(F)cc2F)cn1CC(OC)OC. The van der Waals surface area contributed by atoms with Crippen LogP contribution in [0.15, 0.2) is 29.2 Å². The summed E-state index contributed by atoms with van der Waals surface area (Å²) < 4.78 is 49.8. The number of hydrogen-bond donors (Lipinski definition) is 1. The maximum absolute atomic E-state index is 14.0. The zero-order valence-electron chi connectivity index (χ0n) is 21.1. The predicted octanol–water partition coefficient (Wildman–Crippen LogP) is 3.28. The highest BCUT2D eigenvalue weighted by Crippen LogP contribution is 2.20. The van der Waals surface area contributed by atoms with Gasteiger partial charge in [0.05, 0.1) is 19.8 Å². The van der Waals surface area contributed by atoms with Crippen molar-refractivity contribution < 1.29 is 37.3 Å². The Morgan fingerprint density at radius 2 is 1.83 bits per heavy atom. The van der Waals surface area contributed by atoms with Crippen molar-refractivity contribution in [3.05, 3.63) is 63.1 Å². The monoisotopic (exact) mass is 510 g/mol. The molecule has 1 N–H and O–H groups in total. The van der Waals surface area contributed by atoms with Crippen molar-refractivity contribution in [1.29, 1.82) is 0 Å². The van der Waals surface area contributed by atoms with E-state index in [2.05, 4.69) is 5.32 Å². The van der Waals surface area contributed by atoms with Crippen molar-refractivity contribution in [2.45, 2.75) is 46.6 Å². The van der Waals surface area contributed by atoms with Gasteiger partial charge in [-0.05, 0) is 25.3 Å². The fraction of sp³-hybridized carbons (Fsp3) is 0.480. The minimum atomic E-state index is -0.842. The number of aromatic nitrogens is 1. The molecule has 198 valence electrons. The number of benzene rings is 1. The molecule has 0 aliphatic carbocycles. The Bertz CT molecular complexity index is 1110. The zero-order chi connectivity index (χ0) is 26.8. The molecule has 1 heterocycles. The third-order valence-corrected chi connectivity index (χ3v) is 5.22. The number of esters is 1. The summed E-state index contributed by atoms with van der Waals surface area (Å²) >= 11 is 0. The highest BCUT2D eigenvalue weighted by molar-refractivity contribution is 5.96. The normalized spacial score (nSPS) is 11.1. The summed E-state index contributed by atoms with van der Waals surface area (Å²) in [5.41, 5.74) is -1.34. The second-order valence-electron chi connectivity index (χ2n) is 8.27. The number of ether oxygens (including phenoxy) is 4. The number of nitrogens with zero attached hydrogens (tertiary/aromatic N) is 1. The number of pyridine rings is 1. The number of hydrogen-bond acceptors (Lipinski definition) is 7. The summed E-state index contributed by atoms with van der Waals surface area (Å²) in [5.74, 6) is -3.35. The Kier molecular flexibility index (Phi) is 11.0. The Labute approximate surface area is 208 Å². The second kappa shape index (κ2) is 13.7. The van der Waals surface area contributed by atoms with Gasteiger partial charge in [-0.15, -0.1) is 0 Å². The first-order valence-corrected chi connectivity index (χ1v) is 11.5. The van der Waals surface area contributed by atoms with Crippen LogP contribution in [-0.2, 0) is 27.3 Å². The van der Waals surface area contributed by atoms with Crippen molar-refractivity contribution in [3.63, 3.8) is 0 Å². The van der Waals surface area contributed by atoms with Crippen LogP contribution in [0, 0.1) is 17.6 Å². The van der Waals surface area contributed by atoms with Crippen LogP contribution < -0.4 is 15.5 Å². The molecule has 0 aliphatic heterocycles. The Morgan fingerprint density at radius 1 is 1.14 bits per heavy atom. The molecule has 1 aromatic carbocycles. The van der Waals surface area contributed by atoms with E-state index in [1.54, 1.807) is 6.92 Å². The van der Waals surface area contributed by atoms with Gasteiger partial charge in [-0.3, -0.25) is 9.59 Å². The van der Waals surface area contributed by atoms with Gasteiger partial charge in [-0.2, -0.15) is 0 Å². The van der Waals surface area contributed by atoms with Crippen LogP contribution in [-0.4, -0.2) is 50.2 Å². The molecule has 1 aromatic heterocycles. The summed E-state index contributed by atoms with van der Waals surface area (Å²) in [7, 11) is 2.79. The molecule has 0 saturated heterocycles. The third-order valence-electron chi connectivity index (χ3n) is 5.22. The standard InChI is InChI=1S/C25H32F2N2O7/c1-6-35-25(32)21-23(36-10-9-15(2)3)22(30)18(13-29(21)14-20(33-4)34-5)24(31)28-12-16-7-8-17(26)11-19(16)27/h7-8,11,13,15,20H,6,9-10,12,14H2,1-5H3,(H,28,31). The first-order valence-electron chi connectivity index (χ1n) is 11.5. The van der Waals surface area contributed by atoms with Crippen LogP contribution >= 0.6 is 0 Å². The van der Waals surface area contributed by atoms with Crippen LogP contribution in [0.2, 0.25) is 0 Å². The highest BCUT2D eigenvalue weighted by atomic mass is 19.1. The van der Waals surface area contributed by atoms with Crippen LogP contribution in [0.3, 0.4) is 0 Å². The molecule has 2 rings (SSSR count). The number of carbonyl (C=O) groups excluding carboxylic acids is 2. The van der Waals surface area contributed by atoms with Gasteiger partial charge in [0.25, 0.3) is 5.91 Å². The van der Waals surface area contributed by atoms with Crippen molar-refractivity contribution in [2.24, 2.45) is 5.92 Å². The average molecular weight is 511 g/mol. The summed E-state index contributed by atoms with van der Waals surface area (Å²) in [5, 5.41) is 2.45. The maximum Gasteiger partial charge on any atom is 0.359 e. The van der Waals surface area contributed by atoms with Crippen LogP contribution in [0.5, 0.6) is 5.75 Å². The number of rotatable bonds is 13. The van der Waals surface area contributed by atoms with E-state index in [0.717, 1.165) is 6.07 Å². The van der Waals surface area contributed by atoms with Gasteiger partial charge in [0.15, 0.2) is 17.7 Å². The van der Waals surface area contributed by atoms with Gasteiger partial charge >= 0.3 is 5.97 Å². The van der Waals surface area contributed by atoms with Crippen molar-refractivity contribution in [3.8, 4) is 5.75 Å². The number of nitrogens with one attached hydrogen (secondary N) is 1. The largest absolute Gasteiger partial charge is 0.487 e. The van der Waals surface area contributed by atoms with E-state index in [9.17, 15) is 23.2 Å². The molecule has 0 saturated carbocycles. The van der Waals surface area contributed by atoms with Gasteiger partial charge in [-0.25, -0.2) is 13.6 Å². The quantitative estimate of drug-likeness (QED) is 0.326. The minimum absolute atomic E-state index is 0.0282. The molecule has 0 aliphatic rings. The molecule has 0 unspecified atom stereocenters. The Morgan fingerprint density at radius 3 is 2.42 bits per heavy atom. The predicted molar refractivity (Wildman–Crippen MR) is 127 cm³/mol. The van der Waals surface area contributed by atoms with Crippen LogP contribution in [0.25, 0.3) is 0 Å². The average Bonchev–Trinajstić information content (AvgIpc) is 2.83. The van der Waals surface area contributed by atoms with E-state index in [1.165, 1.54) is 31.0 Å². The van der Waals surface area contributed by atoms with E-state index < -0.39 is 35.2 Å². The first kappa shape index (κ1) is 28.9. The van der Waals surface area contributed by atoms with E-state index in [4.69, 9.17) is 18.9 Å². The molecule has 11 heteroatoms. The van der Waals surface area contributed by atoms with Crippen molar-refractivity contribution >= 4 is 11.9 Å². The number of carbonyl (C=O) groups is 2. The fourth-order valence-electron chi connectivity index (χ4n) is 3.23. The summed E-state index contributed by atoms with van der Waals surface area (Å²) in [6, 6.07) is 2.94. The molecule has 0 bridgehead atoms. The van der Waals surface area contributed by atoms with Crippen LogP contribution in [0.1, 0.15) is 53.6 Å². The molecule has 0 spiro atoms. The lowest BCUT2D eigenvalue weighted by molar-refractivity contribution is -0.111. The lowest BCUT2D eigenvalue weighted by atomic mass is 10.1. The van der Waals surface area contributed by atoms with Gasteiger partial charge in [0.1, 0.15) is 17.2 Å². The smallest absolute Gasteiger partial charge is 0.359 e. The topological polar surface area (TPSA) is 105 Å². The lowest BCUT2D eigenvalue weighted by Crippen LogP contribution is -2.34. The maximum atomic E-state index is 14.0. The lowest BCUT2D eigenvalue weighted by Gasteiger charge is -2.21. The summed E-state index contributed by atoms with van der Waals surface area (Å²) in [4.78, 5) is 39.1. The van der Waals surface area contributed by atoms with E-state index in [-0.39, 0.29) is 54.8 Å². The second-order valence-corrected chi connectivity index (χ2v) is 8.27. The fourth-order valence-corrected chi connectivity index (χ4v) is 3.23. The van der Waals surface area contributed by atoms with Gasteiger partial charge in [-0.1, -0.05) is 19.9 Å². The van der Waals surface area contributed by atoms with E-state index >= 15 is 0 Å². The molecule has 2 aromatic rings. The number of amides is 1. The molecule has 0 radical (unpaired) electrons. The number of methoxy groups -OCH3 is 2. The zero-order valence-corrected chi connectivity index (χ0v) is 21.1. The van der Waals surface area contributed by atoms with Gasteiger partial charge in [0.2, 0.25) is 5.43 Å². The van der Waals surface area contributed by atoms with Gasteiger partial charge < -0.3 is 28.8 Å². The van der Waals surface area contributed by atoms with Crippen molar-refractivity contribution in [1.82, 2.24) is 9.88 Å². The summed E-state index contributed by atoms with van der Waals surface area (Å²) in [6.07, 6.45) is 0.930. The summed E-state index contributed by atoms with van der Waals surface area (Å²) in [6.45, 7) is 5.33. The van der Waals surface area contributed by atoms with Crippen molar-refractivity contribution in [2.75, 3.05) is 27.4 Å². The first-order chi connectivity index (χ1) is 17.1. The molecule has 9 nitrogen and oxygen atoms in total. The molecular weight excluding hydrogens is 478 g/mol. The highest BCUT2D eigenvalue weighted by Gasteiger charge is 2.28. The van der Waals surface area contributed by atoms with Gasteiger partial charge in [0, 0.05) is 38.6 Å². The molecule has 1 amide bonds. The molecule has 0 fully saturated rings. The molecular formula is C25H32F2N2O7. The number of halogens is 2. The Hall–Kier alpha value is -3.31. The van der Waals surface area contributed by atoms with E-state index in [1.807, 2.05) is 13.8 Å². The van der Waals surface area contributed by atoms with E-state index in [0.29, 0.717) is 12.5 Å². The Balaban J connectivity index is 2.54. The molecule has 0 atom stereocenters.